The number of carbonyl (C=O) groups excluding carboxylic acids is 2. The van der Waals surface area contributed by atoms with Crippen molar-refractivity contribution in [3.05, 3.63) is 77.2 Å². The minimum Gasteiger partial charge on any atom is -0.464 e. The van der Waals surface area contributed by atoms with Crippen molar-refractivity contribution in [1.29, 1.82) is 0 Å². The van der Waals surface area contributed by atoms with Crippen LogP contribution in [0.4, 0.5) is 5.69 Å². The Balaban J connectivity index is 1.84. The average Bonchev–Trinajstić information content (AvgIpc) is 3.45. The van der Waals surface area contributed by atoms with E-state index in [0.717, 1.165) is 23.1 Å². The lowest BCUT2D eigenvalue weighted by Gasteiger charge is -2.34. The second-order valence-corrected chi connectivity index (χ2v) is 9.87. The Labute approximate surface area is 211 Å². The highest BCUT2D eigenvalue weighted by Crippen LogP contribution is 2.33. The Morgan fingerprint density at radius 2 is 1.83 bits per heavy atom. The Hall–Kier alpha value is -3.94. The van der Waals surface area contributed by atoms with Gasteiger partial charge in [-0.05, 0) is 82.5 Å². The summed E-state index contributed by atoms with van der Waals surface area (Å²) in [4.78, 5) is 29.5. The number of amides is 2. The lowest BCUT2D eigenvalue weighted by atomic mass is 10.00. The van der Waals surface area contributed by atoms with Crippen LogP contribution in [0.1, 0.15) is 55.9 Å². The number of carbonyl (C=O) groups is 2. The highest BCUT2D eigenvalue weighted by Gasteiger charge is 2.38. The monoisotopic (exact) mass is 487 g/mol. The Morgan fingerprint density at radius 1 is 1.08 bits per heavy atom. The zero-order chi connectivity index (χ0) is 26.0. The van der Waals surface area contributed by atoms with Crippen molar-refractivity contribution in [2.45, 2.75) is 66.1 Å². The molecule has 188 valence electrons. The molecular weight excluding hydrogens is 454 g/mol. The number of aromatic nitrogens is 3. The molecule has 0 aliphatic rings. The van der Waals surface area contributed by atoms with Crippen molar-refractivity contribution in [2.75, 3.05) is 4.90 Å². The highest BCUT2D eigenvalue weighted by molar-refractivity contribution is 6.02. The molecular formula is C28H33N5O3. The molecule has 36 heavy (non-hydrogen) atoms. The zero-order valence-corrected chi connectivity index (χ0v) is 21.7. The smallest absolute Gasteiger partial charge is 0.251 e. The molecule has 1 N–H and O–H groups in total. The maximum atomic E-state index is 14.1. The summed E-state index contributed by atoms with van der Waals surface area (Å²) in [6.45, 7) is 11.5. The summed E-state index contributed by atoms with van der Waals surface area (Å²) in [5.74, 6) is 0.444. The summed E-state index contributed by atoms with van der Waals surface area (Å²) in [7, 11) is 0. The van der Waals surface area contributed by atoms with Gasteiger partial charge < -0.3 is 9.73 Å². The van der Waals surface area contributed by atoms with Gasteiger partial charge >= 0.3 is 0 Å². The predicted octanol–water partition coefficient (Wildman–Crippen LogP) is 5.03. The van der Waals surface area contributed by atoms with Gasteiger partial charge in [0.2, 0.25) is 5.91 Å². The third-order valence-electron chi connectivity index (χ3n) is 6.48. The van der Waals surface area contributed by atoms with Crippen molar-refractivity contribution in [3.63, 3.8) is 0 Å². The topological polar surface area (TPSA) is 93.3 Å². The molecule has 0 bridgehead atoms. The normalized spacial score (nSPS) is 12.5. The number of fused-ring (bicyclic) bond motifs is 1. The van der Waals surface area contributed by atoms with E-state index in [2.05, 4.69) is 15.6 Å². The Kier molecular flexibility index (Phi) is 6.97. The number of rotatable bonds is 8. The standard InChI is InChI=1S/C28H33N5O3/c1-7-28(5,6)29-27(35)26(24-15-14-20(4)36-24)33(23-16-18(2)12-13-19(23)3)25(34)17-32-22-11-9-8-10-21(22)30-31-32/h8-16,26H,7,17H2,1-6H3,(H,29,35)/t26-/m0/s1. The number of para-hydroxylation sites is 1. The van der Waals surface area contributed by atoms with E-state index in [1.807, 2.05) is 84.0 Å². The lowest BCUT2D eigenvalue weighted by molar-refractivity contribution is -0.128. The molecule has 2 amide bonds. The first-order chi connectivity index (χ1) is 17.1. The van der Waals surface area contributed by atoms with E-state index in [4.69, 9.17) is 4.42 Å². The first kappa shape index (κ1) is 25.2. The first-order valence-electron chi connectivity index (χ1n) is 12.2. The van der Waals surface area contributed by atoms with Crippen LogP contribution in [-0.2, 0) is 16.1 Å². The van der Waals surface area contributed by atoms with Crippen molar-refractivity contribution in [3.8, 4) is 0 Å². The quantitative estimate of drug-likeness (QED) is 0.376. The van der Waals surface area contributed by atoms with Gasteiger partial charge in [-0.15, -0.1) is 5.10 Å². The van der Waals surface area contributed by atoms with Crippen LogP contribution < -0.4 is 10.2 Å². The molecule has 8 nitrogen and oxygen atoms in total. The van der Waals surface area contributed by atoms with Gasteiger partial charge in [-0.2, -0.15) is 0 Å². The molecule has 4 rings (SSSR count). The van der Waals surface area contributed by atoms with Crippen LogP contribution in [-0.4, -0.2) is 32.3 Å². The summed E-state index contributed by atoms with van der Waals surface area (Å²) < 4.78 is 7.52. The molecule has 0 saturated carbocycles. The molecule has 0 aliphatic heterocycles. The maximum absolute atomic E-state index is 14.1. The molecule has 0 fully saturated rings. The summed E-state index contributed by atoms with van der Waals surface area (Å²) in [6.07, 6.45) is 0.727. The number of aryl methyl sites for hydroxylation is 3. The number of hydrogen-bond acceptors (Lipinski definition) is 5. The molecule has 1 atom stereocenters. The molecule has 0 saturated heterocycles. The van der Waals surface area contributed by atoms with E-state index in [1.165, 1.54) is 4.90 Å². The summed E-state index contributed by atoms with van der Waals surface area (Å²) in [6, 6.07) is 15.9. The fraction of sp³-hybridized carbons (Fsp3) is 0.357. The second-order valence-electron chi connectivity index (χ2n) is 9.87. The van der Waals surface area contributed by atoms with E-state index in [-0.39, 0.29) is 18.4 Å². The van der Waals surface area contributed by atoms with Crippen LogP contribution >= 0.6 is 0 Å². The highest BCUT2D eigenvalue weighted by atomic mass is 16.3. The van der Waals surface area contributed by atoms with Crippen LogP contribution in [0.3, 0.4) is 0 Å². The van der Waals surface area contributed by atoms with E-state index < -0.39 is 11.6 Å². The van der Waals surface area contributed by atoms with E-state index >= 15 is 0 Å². The first-order valence-corrected chi connectivity index (χ1v) is 12.2. The fourth-order valence-corrected chi connectivity index (χ4v) is 4.10. The number of nitrogens with one attached hydrogen (secondary N) is 1. The average molecular weight is 488 g/mol. The van der Waals surface area contributed by atoms with Crippen LogP contribution in [0.15, 0.2) is 59.0 Å². The Morgan fingerprint density at radius 3 is 2.53 bits per heavy atom. The molecule has 2 aromatic heterocycles. The van der Waals surface area contributed by atoms with Crippen LogP contribution in [0.2, 0.25) is 0 Å². The minimum absolute atomic E-state index is 0.0888. The molecule has 0 aliphatic carbocycles. The molecule has 0 spiro atoms. The molecule has 2 aromatic carbocycles. The SMILES string of the molecule is CCC(C)(C)NC(=O)[C@H](c1ccc(C)o1)N(C(=O)Cn1nnc2ccccc21)c1cc(C)ccc1C. The van der Waals surface area contributed by atoms with Crippen molar-refractivity contribution in [2.24, 2.45) is 0 Å². The van der Waals surface area contributed by atoms with E-state index in [9.17, 15) is 9.59 Å². The molecule has 2 heterocycles. The number of benzene rings is 2. The van der Waals surface area contributed by atoms with Gasteiger partial charge in [0.05, 0.1) is 5.52 Å². The minimum atomic E-state index is -1.01. The summed E-state index contributed by atoms with van der Waals surface area (Å²) in [5, 5.41) is 11.5. The van der Waals surface area contributed by atoms with Crippen LogP contribution in [0, 0.1) is 20.8 Å². The molecule has 8 heteroatoms. The van der Waals surface area contributed by atoms with E-state index in [1.54, 1.807) is 16.8 Å². The largest absolute Gasteiger partial charge is 0.464 e. The predicted molar refractivity (Wildman–Crippen MR) is 140 cm³/mol. The number of anilines is 1. The van der Waals surface area contributed by atoms with Crippen molar-refractivity contribution < 1.29 is 14.0 Å². The maximum Gasteiger partial charge on any atom is 0.251 e. The third-order valence-corrected chi connectivity index (χ3v) is 6.48. The van der Waals surface area contributed by atoms with E-state index in [0.29, 0.717) is 22.7 Å². The van der Waals surface area contributed by atoms with Crippen LogP contribution in [0.25, 0.3) is 11.0 Å². The van der Waals surface area contributed by atoms with Crippen molar-refractivity contribution >= 4 is 28.5 Å². The van der Waals surface area contributed by atoms with Gasteiger partial charge in [0, 0.05) is 11.2 Å². The summed E-state index contributed by atoms with van der Waals surface area (Å²) >= 11 is 0. The van der Waals surface area contributed by atoms with Gasteiger partial charge in [-0.25, -0.2) is 4.68 Å². The molecule has 0 radical (unpaired) electrons. The number of nitrogens with zero attached hydrogens (tertiary/aromatic N) is 4. The van der Waals surface area contributed by atoms with Gasteiger partial charge in [0.15, 0.2) is 6.04 Å². The van der Waals surface area contributed by atoms with Gasteiger partial charge in [-0.3, -0.25) is 14.5 Å². The molecule has 4 aromatic rings. The lowest BCUT2D eigenvalue weighted by Crippen LogP contribution is -2.51. The Bertz CT molecular complexity index is 1400. The summed E-state index contributed by atoms with van der Waals surface area (Å²) in [5.41, 5.74) is 3.47. The molecule has 0 unspecified atom stereocenters. The third kappa shape index (κ3) is 5.17. The number of hydrogen-bond donors (Lipinski definition) is 1. The second kappa shape index (κ2) is 9.97. The fourth-order valence-electron chi connectivity index (χ4n) is 4.10. The van der Waals surface area contributed by atoms with Crippen LogP contribution in [0.5, 0.6) is 0 Å². The number of furan rings is 1. The zero-order valence-electron chi connectivity index (χ0n) is 21.7. The van der Waals surface area contributed by atoms with Gasteiger partial charge in [0.25, 0.3) is 5.91 Å². The van der Waals surface area contributed by atoms with Gasteiger partial charge in [-0.1, -0.05) is 36.4 Å². The van der Waals surface area contributed by atoms with Gasteiger partial charge in [0.1, 0.15) is 23.6 Å². The van der Waals surface area contributed by atoms with Crippen molar-refractivity contribution in [1.82, 2.24) is 20.3 Å².